The third-order valence-corrected chi connectivity index (χ3v) is 5.12. The molecule has 1 amide bonds. The van der Waals surface area contributed by atoms with Gasteiger partial charge in [0.05, 0.1) is 6.04 Å². The standard InChI is InChI=1S/C19H18F2N2OS/c1-23(2)16(13-11-25-17-9-4-3-6-12(13)17)10-22-19(24)18-14(20)7-5-8-15(18)21/h3-9,11,16H,10H2,1-2H3,(H,22,24)/t16-/m1/s1. The summed E-state index contributed by atoms with van der Waals surface area (Å²) < 4.78 is 28.7. The molecule has 3 aromatic rings. The Hall–Kier alpha value is -2.31. The number of carbonyl (C=O) groups is 1. The highest BCUT2D eigenvalue weighted by molar-refractivity contribution is 7.17. The van der Waals surface area contributed by atoms with Gasteiger partial charge < -0.3 is 10.2 Å². The first-order chi connectivity index (χ1) is 12.0. The number of rotatable bonds is 5. The lowest BCUT2D eigenvalue weighted by molar-refractivity contribution is 0.0933. The van der Waals surface area contributed by atoms with Crippen LogP contribution in [0.4, 0.5) is 8.78 Å². The summed E-state index contributed by atoms with van der Waals surface area (Å²) in [5, 5.41) is 5.84. The second kappa shape index (κ2) is 7.29. The zero-order valence-corrected chi connectivity index (χ0v) is 14.7. The van der Waals surface area contributed by atoms with Gasteiger partial charge in [-0.3, -0.25) is 4.79 Å². The molecule has 0 aliphatic carbocycles. The highest BCUT2D eigenvalue weighted by atomic mass is 32.1. The van der Waals surface area contributed by atoms with E-state index in [0.29, 0.717) is 0 Å². The number of fused-ring (bicyclic) bond motifs is 1. The van der Waals surface area contributed by atoms with Gasteiger partial charge in [-0.15, -0.1) is 11.3 Å². The van der Waals surface area contributed by atoms with Crippen LogP contribution in [0.1, 0.15) is 22.0 Å². The molecule has 3 rings (SSSR count). The van der Waals surface area contributed by atoms with E-state index in [9.17, 15) is 13.6 Å². The molecule has 3 nitrogen and oxygen atoms in total. The third-order valence-electron chi connectivity index (χ3n) is 4.14. The summed E-state index contributed by atoms with van der Waals surface area (Å²) in [6.07, 6.45) is 0. The van der Waals surface area contributed by atoms with E-state index in [-0.39, 0.29) is 12.6 Å². The van der Waals surface area contributed by atoms with Crippen LogP contribution in [-0.4, -0.2) is 31.4 Å². The maximum absolute atomic E-state index is 13.8. The summed E-state index contributed by atoms with van der Waals surface area (Å²) in [5.74, 6) is -2.47. The summed E-state index contributed by atoms with van der Waals surface area (Å²) in [6, 6.07) is 11.3. The molecule has 1 aromatic heterocycles. The first-order valence-corrected chi connectivity index (χ1v) is 8.71. The van der Waals surface area contributed by atoms with E-state index < -0.39 is 23.1 Å². The van der Waals surface area contributed by atoms with Crippen LogP contribution in [-0.2, 0) is 0 Å². The number of nitrogens with zero attached hydrogens (tertiary/aromatic N) is 1. The van der Waals surface area contributed by atoms with Gasteiger partial charge in [0.25, 0.3) is 5.91 Å². The van der Waals surface area contributed by atoms with Gasteiger partial charge >= 0.3 is 0 Å². The fourth-order valence-corrected chi connectivity index (χ4v) is 3.83. The predicted octanol–water partition coefficient (Wildman–Crippen LogP) is 4.21. The van der Waals surface area contributed by atoms with Crippen LogP contribution in [0.2, 0.25) is 0 Å². The minimum atomic E-state index is -0.861. The highest BCUT2D eigenvalue weighted by Gasteiger charge is 2.22. The maximum atomic E-state index is 13.8. The lowest BCUT2D eigenvalue weighted by atomic mass is 10.0. The van der Waals surface area contributed by atoms with E-state index >= 15 is 0 Å². The molecule has 6 heteroatoms. The molecule has 2 aromatic carbocycles. The molecule has 0 bridgehead atoms. The average Bonchev–Trinajstić information content (AvgIpc) is 2.99. The molecule has 1 N–H and O–H groups in total. The lowest BCUT2D eigenvalue weighted by Crippen LogP contribution is -2.35. The topological polar surface area (TPSA) is 32.3 Å². The highest BCUT2D eigenvalue weighted by Crippen LogP contribution is 2.32. The Balaban J connectivity index is 1.83. The molecule has 0 unspecified atom stereocenters. The fourth-order valence-electron chi connectivity index (χ4n) is 2.82. The van der Waals surface area contributed by atoms with Gasteiger partial charge in [0.2, 0.25) is 0 Å². The SMILES string of the molecule is CN(C)[C@H](CNC(=O)c1c(F)cccc1F)c1csc2ccccc12. The number of halogens is 2. The molecule has 0 saturated carbocycles. The molecule has 130 valence electrons. The van der Waals surface area contributed by atoms with Crippen LogP contribution < -0.4 is 5.32 Å². The quantitative estimate of drug-likeness (QED) is 0.739. The monoisotopic (exact) mass is 360 g/mol. The Morgan fingerprint density at radius 1 is 1.12 bits per heavy atom. The first kappa shape index (κ1) is 17.5. The lowest BCUT2D eigenvalue weighted by Gasteiger charge is -2.24. The van der Waals surface area contributed by atoms with Crippen molar-refractivity contribution >= 4 is 27.3 Å². The molecule has 0 saturated heterocycles. The second-order valence-electron chi connectivity index (χ2n) is 5.97. The van der Waals surface area contributed by atoms with Crippen LogP contribution in [0.15, 0.2) is 47.8 Å². The predicted molar refractivity (Wildman–Crippen MR) is 96.9 cm³/mol. The van der Waals surface area contributed by atoms with Gasteiger partial charge in [0.15, 0.2) is 0 Å². The summed E-state index contributed by atoms with van der Waals surface area (Å²) in [7, 11) is 3.82. The molecule has 1 heterocycles. The van der Waals surface area contributed by atoms with Gasteiger partial charge in [-0.1, -0.05) is 24.3 Å². The summed E-state index contributed by atoms with van der Waals surface area (Å²) >= 11 is 1.64. The van der Waals surface area contributed by atoms with Crippen molar-refractivity contribution in [3.8, 4) is 0 Å². The van der Waals surface area contributed by atoms with Crippen molar-refractivity contribution in [2.75, 3.05) is 20.6 Å². The van der Waals surface area contributed by atoms with Crippen LogP contribution in [0.5, 0.6) is 0 Å². The van der Waals surface area contributed by atoms with Crippen molar-refractivity contribution in [1.82, 2.24) is 10.2 Å². The molecule has 0 aliphatic rings. The van der Waals surface area contributed by atoms with E-state index in [1.54, 1.807) is 11.3 Å². The minimum Gasteiger partial charge on any atom is -0.350 e. The van der Waals surface area contributed by atoms with Gasteiger partial charge in [-0.25, -0.2) is 8.78 Å². The minimum absolute atomic E-state index is 0.102. The Morgan fingerprint density at radius 3 is 2.48 bits per heavy atom. The van der Waals surface area contributed by atoms with Crippen molar-refractivity contribution in [1.29, 1.82) is 0 Å². The summed E-state index contributed by atoms with van der Waals surface area (Å²) in [4.78, 5) is 14.2. The van der Waals surface area contributed by atoms with E-state index in [4.69, 9.17) is 0 Å². The summed E-state index contributed by atoms with van der Waals surface area (Å²) in [6.45, 7) is 0.250. The third kappa shape index (κ3) is 3.55. The normalized spacial score (nSPS) is 12.5. The number of amides is 1. The van der Waals surface area contributed by atoms with Gasteiger partial charge in [0.1, 0.15) is 17.2 Å². The van der Waals surface area contributed by atoms with Gasteiger partial charge in [0, 0.05) is 11.2 Å². The van der Waals surface area contributed by atoms with E-state index in [1.807, 2.05) is 43.3 Å². The molecule has 25 heavy (non-hydrogen) atoms. The zero-order chi connectivity index (χ0) is 18.0. The van der Waals surface area contributed by atoms with E-state index in [1.165, 1.54) is 6.07 Å². The molecule has 1 atom stereocenters. The summed E-state index contributed by atoms with van der Waals surface area (Å²) in [5.41, 5.74) is 0.537. The zero-order valence-electron chi connectivity index (χ0n) is 13.9. The Labute approximate surface area is 148 Å². The molecule has 0 aliphatic heterocycles. The number of hydrogen-bond donors (Lipinski definition) is 1. The van der Waals surface area contributed by atoms with Crippen molar-refractivity contribution < 1.29 is 13.6 Å². The number of likely N-dealkylation sites (N-methyl/N-ethyl adjacent to an activating group) is 1. The van der Waals surface area contributed by atoms with Crippen LogP contribution in [0.3, 0.4) is 0 Å². The number of carbonyl (C=O) groups excluding carboxylic acids is 1. The second-order valence-corrected chi connectivity index (χ2v) is 6.88. The number of nitrogens with one attached hydrogen (secondary N) is 1. The number of hydrogen-bond acceptors (Lipinski definition) is 3. The number of benzene rings is 2. The smallest absolute Gasteiger partial charge is 0.257 e. The Morgan fingerprint density at radius 2 is 1.80 bits per heavy atom. The fraction of sp³-hybridized carbons (Fsp3) is 0.211. The Kier molecular flexibility index (Phi) is 5.11. The van der Waals surface area contributed by atoms with E-state index in [0.717, 1.165) is 27.8 Å². The molecule has 0 radical (unpaired) electrons. The largest absolute Gasteiger partial charge is 0.350 e. The molecule has 0 fully saturated rings. The van der Waals surface area contributed by atoms with Crippen molar-refractivity contribution in [3.05, 3.63) is 70.6 Å². The van der Waals surface area contributed by atoms with E-state index in [2.05, 4.69) is 10.7 Å². The Bertz CT molecular complexity index is 887. The van der Waals surface area contributed by atoms with Crippen molar-refractivity contribution in [2.24, 2.45) is 0 Å². The number of thiophene rings is 1. The average molecular weight is 360 g/mol. The van der Waals surface area contributed by atoms with Gasteiger partial charge in [-0.2, -0.15) is 0 Å². The molecular weight excluding hydrogens is 342 g/mol. The molecular formula is C19H18F2N2OS. The van der Waals surface area contributed by atoms with Gasteiger partial charge in [-0.05, 0) is 48.6 Å². The van der Waals surface area contributed by atoms with Crippen LogP contribution >= 0.6 is 11.3 Å². The maximum Gasteiger partial charge on any atom is 0.257 e. The first-order valence-electron chi connectivity index (χ1n) is 7.84. The van der Waals surface area contributed by atoms with Crippen molar-refractivity contribution in [2.45, 2.75) is 6.04 Å². The van der Waals surface area contributed by atoms with Crippen LogP contribution in [0, 0.1) is 11.6 Å². The van der Waals surface area contributed by atoms with Crippen LogP contribution in [0.25, 0.3) is 10.1 Å². The molecule has 0 spiro atoms. The van der Waals surface area contributed by atoms with Crippen molar-refractivity contribution in [3.63, 3.8) is 0 Å².